The average molecular weight is 679 g/mol. The van der Waals surface area contributed by atoms with Crippen molar-refractivity contribution in [2.24, 2.45) is 0 Å². The largest absolute Gasteiger partial charge is 0.0616 e. The maximum atomic E-state index is 2.54. The van der Waals surface area contributed by atoms with E-state index in [1.165, 1.54) is 86.8 Å². The van der Waals surface area contributed by atoms with E-state index in [0.29, 0.717) is 0 Å². The maximum absolute atomic E-state index is 2.54. The van der Waals surface area contributed by atoms with Gasteiger partial charge in [-0.1, -0.05) is 180 Å². The second-order valence-corrected chi connectivity index (χ2v) is 17.8. The Morgan fingerprint density at radius 1 is 0.320 bits per heavy atom. The van der Waals surface area contributed by atoms with E-state index in [1.807, 2.05) is 0 Å². The van der Waals surface area contributed by atoms with E-state index in [-0.39, 0.29) is 0 Å². The molecule has 0 N–H and O–H groups in total. The molecule has 8 aromatic rings. The quantitative estimate of drug-likeness (QED) is 0.147. The predicted octanol–water partition coefficient (Wildman–Crippen LogP) is 10.4. The molecule has 8 aromatic carbocycles. The summed E-state index contributed by atoms with van der Waals surface area (Å²) in [4.78, 5) is 0. The van der Waals surface area contributed by atoms with E-state index in [2.05, 4.69) is 198 Å². The molecule has 0 heterocycles. The molecule has 0 spiro atoms. The van der Waals surface area contributed by atoms with E-state index >= 15 is 0 Å². The molecule has 0 aliphatic carbocycles. The number of fused-ring (bicyclic) bond motifs is 2. The van der Waals surface area contributed by atoms with Gasteiger partial charge in [0.2, 0.25) is 0 Å². The normalized spacial score (nSPS) is 11.6. The van der Waals surface area contributed by atoms with Crippen molar-refractivity contribution in [1.29, 1.82) is 0 Å². The van der Waals surface area contributed by atoms with Gasteiger partial charge in [-0.05, 0) is 120 Å². The van der Waals surface area contributed by atoms with Gasteiger partial charge in [-0.15, -0.1) is 0 Å². The summed E-state index contributed by atoms with van der Waals surface area (Å²) in [7, 11) is -1.67. The lowest BCUT2D eigenvalue weighted by Crippen LogP contribution is -2.23. The molecule has 0 atom stereocenters. The standard InChI is InChI=1S/C48H40P2/c1-33-13-22-39(23-14-33)49(40-24-15-34(2)16-25-40)43-31-38-10-6-7-11-44(38)46(32-43)48-45-12-8-5-9-37(45)21-30-47(48)50(41-26-17-35(3)18-27-41)42-28-19-36(4)20-29-42/h5-32H,1-4H3. The first-order chi connectivity index (χ1) is 24.4. The third-order valence-electron chi connectivity index (χ3n) is 9.69. The molecule has 0 aliphatic heterocycles. The summed E-state index contributed by atoms with van der Waals surface area (Å²) in [5, 5.41) is 13.4. The highest BCUT2D eigenvalue weighted by molar-refractivity contribution is 7.80. The van der Waals surface area contributed by atoms with Crippen LogP contribution >= 0.6 is 15.8 Å². The molecule has 0 radical (unpaired) electrons. The number of hydrogen-bond acceptors (Lipinski definition) is 0. The van der Waals surface area contributed by atoms with Crippen molar-refractivity contribution in [3.05, 3.63) is 192 Å². The molecule has 0 nitrogen and oxygen atoms in total. The Balaban J connectivity index is 1.46. The van der Waals surface area contributed by atoms with Gasteiger partial charge in [0.05, 0.1) is 0 Å². The minimum Gasteiger partial charge on any atom is -0.0616 e. The van der Waals surface area contributed by atoms with Gasteiger partial charge in [0, 0.05) is 0 Å². The fourth-order valence-electron chi connectivity index (χ4n) is 7.01. The van der Waals surface area contributed by atoms with E-state index < -0.39 is 15.8 Å². The monoisotopic (exact) mass is 678 g/mol. The van der Waals surface area contributed by atoms with Gasteiger partial charge in [0.1, 0.15) is 0 Å². The van der Waals surface area contributed by atoms with Crippen LogP contribution in [0.25, 0.3) is 32.7 Å². The Kier molecular flexibility index (Phi) is 8.93. The number of hydrogen-bond donors (Lipinski definition) is 0. The first-order valence-electron chi connectivity index (χ1n) is 17.3. The molecule has 50 heavy (non-hydrogen) atoms. The molecule has 2 heteroatoms. The molecule has 0 unspecified atom stereocenters. The van der Waals surface area contributed by atoms with E-state index in [1.54, 1.807) is 0 Å². The van der Waals surface area contributed by atoms with Crippen molar-refractivity contribution in [2.75, 3.05) is 0 Å². The zero-order valence-corrected chi connectivity index (χ0v) is 30.8. The van der Waals surface area contributed by atoms with Crippen LogP contribution in [-0.2, 0) is 0 Å². The van der Waals surface area contributed by atoms with Gasteiger partial charge in [-0.25, -0.2) is 0 Å². The Morgan fingerprint density at radius 2 is 0.740 bits per heavy atom. The zero-order valence-electron chi connectivity index (χ0n) is 29.1. The second kappa shape index (κ2) is 13.8. The highest BCUT2D eigenvalue weighted by Gasteiger charge is 2.25. The minimum absolute atomic E-state index is 0.808. The van der Waals surface area contributed by atoms with Gasteiger partial charge in [-0.2, -0.15) is 0 Å². The van der Waals surface area contributed by atoms with Crippen molar-refractivity contribution >= 4 is 69.2 Å². The average Bonchev–Trinajstić information content (AvgIpc) is 3.14. The molecular formula is C48H40P2. The van der Waals surface area contributed by atoms with Crippen molar-refractivity contribution < 1.29 is 0 Å². The van der Waals surface area contributed by atoms with Crippen LogP contribution in [-0.4, -0.2) is 0 Å². The van der Waals surface area contributed by atoms with E-state index in [9.17, 15) is 0 Å². The molecule has 0 aromatic heterocycles. The Labute approximate surface area is 299 Å². The number of rotatable bonds is 7. The lowest BCUT2D eigenvalue weighted by Gasteiger charge is -2.26. The molecule has 242 valence electrons. The van der Waals surface area contributed by atoms with E-state index in [4.69, 9.17) is 0 Å². The topological polar surface area (TPSA) is 0 Å². The van der Waals surface area contributed by atoms with Crippen LogP contribution in [0.3, 0.4) is 0 Å². The summed E-state index contributed by atoms with van der Waals surface area (Å²) in [5.74, 6) is 0. The van der Waals surface area contributed by atoms with Gasteiger partial charge in [0.15, 0.2) is 0 Å². The lowest BCUT2D eigenvalue weighted by molar-refractivity contribution is 1.49. The Hall–Kier alpha value is -4.86. The van der Waals surface area contributed by atoms with Crippen LogP contribution in [0.1, 0.15) is 22.3 Å². The minimum atomic E-state index is -0.858. The highest BCUT2D eigenvalue weighted by Crippen LogP contribution is 2.44. The summed E-state index contributed by atoms with van der Waals surface area (Å²) >= 11 is 0. The number of benzene rings is 8. The molecule has 0 fully saturated rings. The lowest BCUT2D eigenvalue weighted by atomic mass is 9.94. The highest BCUT2D eigenvalue weighted by atomic mass is 31.1. The van der Waals surface area contributed by atoms with Crippen LogP contribution in [0.15, 0.2) is 170 Å². The molecular weight excluding hydrogens is 638 g/mol. The summed E-state index contributed by atoms with van der Waals surface area (Å²) < 4.78 is 0. The number of aryl methyl sites for hydroxylation is 4. The molecule has 0 saturated carbocycles. The Bertz CT molecular complexity index is 2350. The molecule has 0 amide bonds. The summed E-state index contributed by atoms with van der Waals surface area (Å²) in [5.41, 5.74) is 7.79. The smallest absolute Gasteiger partial charge is 0.00153 e. The maximum Gasteiger partial charge on any atom is -0.00153 e. The van der Waals surface area contributed by atoms with Gasteiger partial charge in [0.25, 0.3) is 0 Å². The third kappa shape index (κ3) is 6.32. The van der Waals surface area contributed by atoms with Crippen molar-refractivity contribution in [3.8, 4) is 11.1 Å². The van der Waals surface area contributed by atoms with Crippen molar-refractivity contribution in [2.45, 2.75) is 27.7 Å². The summed E-state index contributed by atoms with van der Waals surface area (Å²) in [6.07, 6.45) is 0. The summed E-state index contributed by atoms with van der Waals surface area (Å²) in [6.45, 7) is 8.71. The van der Waals surface area contributed by atoms with Crippen LogP contribution in [0.2, 0.25) is 0 Å². The predicted molar refractivity (Wildman–Crippen MR) is 223 cm³/mol. The molecule has 0 saturated heterocycles. The molecule has 8 rings (SSSR count). The third-order valence-corrected chi connectivity index (χ3v) is 14.6. The second-order valence-electron chi connectivity index (χ2n) is 13.4. The summed E-state index contributed by atoms with van der Waals surface area (Å²) in [6, 6.07) is 64.6. The van der Waals surface area contributed by atoms with E-state index in [0.717, 1.165) is 0 Å². The van der Waals surface area contributed by atoms with Gasteiger partial charge in [-0.3, -0.25) is 0 Å². The first kappa shape index (κ1) is 32.4. The van der Waals surface area contributed by atoms with Crippen molar-refractivity contribution in [3.63, 3.8) is 0 Å². The molecule has 0 aliphatic rings. The SMILES string of the molecule is Cc1ccc(P(c2ccc(C)cc2)c2cc(-c3c(P(c4ccc(C)cc4)c4ccc(C)cc4)ccc4ccccc34)c3ccccc3c2)cc1. The molecule has 0 bridgehead atoms. The first-order valence-corrected chi connectivity index (χ1v) is 20.0. The van der Waals surface area contributed by atoms with Crippen molar-refractivity contribution in [1.82, 2.24) is 0 Å². The van der Waals surface area contributed by atoms with Crippen LogP contribution in [0.5, 0.6) is 0 Å². The van der Waals surface area contributed by atoms with Crippen LogP contribution in [0, 0.1) is 27.7 Å². The van der Waals surface area contributed by atoms with Gasteiger partial charge >= 0.3 is 0 Å². The fourth-order valence-corrected chi connectivity index (χ4v) is 11.8. The zero-order chi connectivity index (χ0) is 34.2. The van der Waals surface area contributed by atoms with Crippen LogP contribution in [0.4, 0.5) is 0 Å². The Morgan fingerprint density at radius 3 is 1.24 bits per heavy atom. The van der Waals surface area contributed by atoms with Crippen LogP contribution < -0.4 is 31.8 Å². The fraction of sp³-hybridized carbons (Fsp3) is 0.0833. The van der Waals surface area contributed by atoms with Gasteiger partial charge < -0.3 is 0 Å².